The molecular weight excluding hydrogens is 602 g/mol. The fourth-order valence-electron chi connectivity index (χ4n) is 5.54. The minimum Gasteiger partial charge on any atom is -0.475 e. The molecule has 1 amide bonds. The van der Waals surface area contributed by atoms with E-state index in [1.807, 2.05) is 40.8 Å². The number of carbonyl (C=O) groups is 2. The summed E-state index contributed by atoms with van der Waals surface area (Å²) in [6.45, 7) is 10.7. The first-order valence-electron chi connectivity index (χ1n) is 14.2. The van der Waals surface area contributed by atoms with Crippen molar-refractivity contribution in [2.45, 2.75) is 32.6 Å². The number of amides is 1. The Bertz CT molecular complexity index is 1470. The molecule has 5 rings (SSSR count). The van der Waals surface area contributed by atoms with Crippen molar-refractivity contribution in [1.82, 2.24) is 14.4 Å². The molecule has 238 valence electrons. The number of benzene rings is 2. The first-order valence-corrected chi connectivity index (χ1v) is 14.6. The van der Waals surface area contributed by atoms with Crippen LogP contribution in [0.4, 0.5) is 28.9 Å². The largest absolute Gasteiger partial charge is 0.490 e. The van der Waals surface area contributed by atoms with Crippen LogP contribution in [0.2, 0.25) is 5.02 Å². The first-order chi connectivity index (χ1) is 20.8. The number of aromatic nitrogens is 1. The van der Waals surface area contributed by atoms with Crippen LogP contribution in [0.5, 0.6) is 0 Å². The van der Waals surface area contributed by atoms with Gasteiger partial charge in [0.2, 0.25) is 0 Å². The van der Waals surface area contributed by atoms with Crippen molar-refractivity contribution in [3.8, 4) is 0 Å². The summed E-state index contributed by atoms with van der Waals surface area (Å²) in [6.07, 6.45) is -5.08. The highest BCUT2D eigenvalue weighted by Gasteiger charge is 2.38. The average Bonchev–Trinajstić information content (AvgIpc) is 3.26. The maximum absolute atomic E-state index is 13.7. The van der Waals surface area contributed by atoms with Crippen LogP contribution in [0.3, 0.4) is 0 Å². The predicted molar refractivity (Wildman–Crippen MR) is 162 cm³/mol. The molecule has 1 aromatic heterocycles. The lowest BCUT2D eigenvalue weighted by Crippen LogP contribution is -2.54. The van der Waals surface area contributed by atoms with E-state index in [2.05, 4.69) is 40.7 Å². The van der Waals surface area contributed by atoms with Gasteiger partial charge in [0, 0.05) is 76.8 Å². The Labute approximate surface area is 259 Å². The van der Waals surface area contributed by atoms with E-state index in [0.717, 1.165) is 60.5 Å². The van der Waals surface area contributed by atoms with E-state index in [1.54, 1.807) is 12.1 Å². The smallest absolute Gasteiger partial charge is 0.475 e. The third-order valence-electron chi connectivity index (χ3n) is 8.12. The van der Waals surface area contributed by atoms with Crippen molar-refractivity contribution in [2.24, 2.45) is 7.05 Å². The minimum absolute atomic E-state index is 0.0288. The van der Waals surface area contributed by atoms with Crippen LogP contribution in [-0.2, 0) is 18.4 Å². The standard InChI is InChI=1S/C29H35ClFN5O.C2HF3O2/c1-21-19-35(25-8-6-7-24(31)18-25)15-16-36(21)29(37)28-17-23(22(2)32(28)3)20-33-11-13-34(14-12-33)27-10-5-4-9-26(27)30;3-2(4,5)1(6)7/h4-10,17-18,21H,11-16,19-20H2,1-3H3;(H,6,7)/t21-;/m0./s1. The second-order valence-corrected chi connectivity index (χ2v) is 11.4. The highest BCUT2D eigenvalue weighted by molar-refractivity contribution is 6.33. The van der Waals surface area contributed by atoms with Gasteiger partial charge in [-0.15, -0.1) is 0 Å². The fourth-order valence-corrected chi connectivity index (χ4v) is 5.79. The van der Waals surface area contributed by atoms with Gasteiger partial charge in [-0.3, -0.25) is 9.69 Å². The van der Waals surface area contributed by atoms with Gasteiger partial charge in [0.05, 0.1) is 10.7 Å². The maximum Gasteiger partial charge on any atom is 0.490 e. The van der Waals surface area contributed by atoms with E-state index in [-0.39, 0.29) is 17.8 Å². The summed E-state index contributed by atoms with van der Waals surface area (Å²) in [7, 11) is 1.98. The molecule has 2 fully saturated rings. The molecule has 2 saturated heterocycles. The van der Waals surface area contributed by atoms with Crippen LogP contribution >= 0.6 is 11.6 Å². The van der Waals surface area contributed by atoms with Gasteiger partial charge in [-0.1, -0.05) is 29.8 Å². The number of aliphatic carboxylic acids is 1. The summed E-state index contributed by atoms with van der Waals surface area (Å²) < 4.78 is 47.5. The number of carbonyl (C=O) groups excluding carboxylic acids is 1. The van der Waals surface area contributed by atoms with Crippen LogP contribution in [-0.4, -0.2) is 89.4 Å². The minimum atomic E-state index is -5.08. The predicted octanol–water partition coefficient (Wildman–Crippen LogP) is 5.43. The van der Waals surface area contributed by atoms with Crippen molar-refractivity contribution in [2.75, 3.05) is 55.6 Å². The maximum atomic E-state index is 13.7. The Morgan fingerprint density at radius 3 is 2.18 bits per heavy atom. The summed E-state index contributed by atoms with van der Waals surface area (Å²) in [6, 6.07) is 16.8. The number of piperazine rings is 2. The van der Waals surface area contributed by atoms with Crippen molar-refractivity contribution in [3.05, 3.63) is 82.4 Å². The van der Waals surface area contributed by atoms with Crippen molar-refractivity contribution >= 4 is 34.9 Å². The van der Waals surface area contributed by atoms with Gasteiger partial charge in [-0.25, -0.2) is 9.18 Å². The van der Waals surface area contributed by atoms with E-state index in [4.69, 9.17) is 21.5 Å². The first kappa shape index (κ1) is 33.1. The zero-order chi connectivity index (χ0) is 32.2. The number of alkyl halides is 3. The number of rotatable bonds is 5. The van der Waals surface area contributed by atoms with E-state index < -0.39 is 12.1 Å². The van der Waals surface area contributed by atoms with Crippen molar-refractivity contribution in [1.29, 1.82) is 0 Å². The van der Waals surface area contributed by atoms with Crippen LogP contribution in [0.1, 0.15) is 28.7 Å². The third kappa shape index (κ3) is 7.84. The molecule has 0 radical (unpaired) electrons. The highest BCUT2D eigenvalue weighted by Crippen LogP contribution is 2.27. The van der Waals surface area contributed by atoms with Gasteiger partial charge in [0.25, 0.3) is 5.91 Å². The van der Waals surface area contributed by atoms with E-state index in [0.29, 0.717) is 19.6 Å². The Morgan fingerprint density at radius 1 is 0.955 bits per heavy atom. The molecule has 3 aromatic rings. The van der Waals surface area contributed by atoms with E-state index in [1.165, 1.54) is 11.6 Å². The molecule has 1 N–H and O–H groups in total. The zero-order valence-corrected chi connectivity index (χ0v) is 25.6. The zero-order valence-electron chi connectivity index (χ0n) is 24.8. The monoisotopic (exact) mass is 637 g/mol. The number of anilines is 2. The van der Waals surface area contributed by atoms with Gasteiger partial charge in [0.1, 0.15) is 11.5 Å². The molecular formula is C31H36ClF4N5O3. The van der Waals surface area contributed by atoms with E-state index in [9.17, 15) is 22.4 Å². The molecule has 0 bridgehead atoms. The Kier molecular flexibility index (Phi) is 10.5. The fraction of sp³-hybridized carbons (Fsp3) is 0.419. The van der Waals surface area contributed by atoms with Crippen molar-refractivity contribution < 1.29 is 32.3 Å². The summed E-state index contributed by atoms with van der Waals surface area (Å²) in [4.78, 5) is 31.4. The molecule has 2 aliphatic heterocycles. The number of halogens is 5. The molecule has 0 spiro atoms. The number of carboxylic acids is 1. The Hall–Kier alpha value is -3.77. The summed E-state index contributed by atoms with van der Waals surface area (Å²) in [5, 5.41) is 7.92. The quantitative estimate of drug-likeness (QED) is 0.376. The van der Waals surface area contributed by atoms with E-state index >= 15 is 0 Å². The lowest BCUT2D eigenvalue weighted by molar-refractivity contribution is -0.192. The summed E-state index contributed by atoms with van der Waals surface area (Å²) >= 11 is 6.40. The van der Waals surface area contributed by atoms with Gasteiger partial charge in [-0.05, 0) is 55.8 Å². The van der Waals surface area contributed by atoms with Gasteiger partial charge in [-0.2, -0.15) is 13.2 Å². The summed E-state index contributed by atoms with van der Waals surface area (Å²) in [5.74, 6) is -2.93. The highest BCUT2D eigenvalue weighted by atomic mass is 35.5. The van der Waals surface area contributed by atoms with Crippen LogP contribution in [0.25, 0.3) is 0 Å². The lowest BCUT2D eigenvalue weighted by atomic mass is 10.1. The summed E-state index contributed by atoms with van der Waals surface area (Å²) in [5.41, 5.74) is 5.02. The number of nitrogens with zero attached hydrogens (tertiary/aromatic N) is 5. The second kappa shape index (κ2) is 13.9. The van der Waals surface area contributed by atoms with Crippen LogP contribution in [0, 0.1) is 12.7 Å². The van der Waals surface area contributed by atoms with Crippen molar-refractivity contribution in [3.63, 3.8) is 0 Å². The molecule has 44 heavy (non-hydrogen) atoms. The molecule has 8 nitrogen and oxygen atoms in total. The van der Waals surface area contributed by atoms with Gasteiger partial charge < -0.3 is 24.4 Å². The molecule has 2 aliphatic rings. The Balaban J connectivity index is 0.000000566. The Morgan fingerprint density at radius 2 is 1.59 bits per heavy atom. The number of para-hydroxylation sites is 1. The number of hydrogen-bond acceptors (Lipinski definition) is 5. The van der Waals surface area contributed by atoms with Crippen LogP contribution < -0.4 is 9.80 Å². The molecule has 3 heterocycles. The normalized spacial score (nSPS) is 17.7. The third-order valence-corrected chi connectivity index (χ3v) is 8.44. The van der Waals surface area contributed by atoms with Gasteiger partial charge >= 0.3 is 12.1 Å². The molecule has 0 aliphatic carbocycles. The molecule has 0 unspecified atom stereocenters. The number of carboxylic acid groups (broad SMARTS) is 1. The average molecular weight is 638 g/mol. The molecule has 2 aromatic carbocycles. The SMILES string of the molecule is Cc1c(CN2CCN(c3ccccc3Cl)CC2)cc(C(=O)N2CCN(c3cccc(F)c3)C[C@@H]2C)n1C.O=C(O)C(F)(F)F. The topological polar surface area (TPSA) is 72.3 Å². The number of hydrogen-bond donors (Lipinski definition) is 1. The molecule has 1 atom stereocenters. The van der Waals surface area contributed by atoms with Gasteiger partial charge in [0.15, 0.2) is 0 Å². The lowest BCUT2D eigenvalue weighted by Gasteiger charge is -2.41. The molecule has 0 saturated carbocycles. The second-order valence-electron chi connectivity index (χ2n) is 11.0. The molecule has 13 heteroatoms. The van der Waals surface area contributed by atoms with Crippen LogP contribution in [0.15, 0.2) is 54.6 Å².